The summed E-state index contributed by atoms with van der Waals surface area (Å²) in [5.41, 5.74) is 0.467. The lowest BCUT2D eigenvalue weighted by molar-refractivity contribution is 0.236. The third-order valence-corrected chi connectivity index (χ3v) is 5.79. The number of allylic oxidation sites excluding steroid dienone is 2. The van der Waals surface area contributed by atoms with Crippen molar-refractivity contribution in [2.45, 2.75) is 31.6 Å². The average Bonchev–Trinajstić information content (AvgIpc) is 1.95. The monoisotopic (exact) mass is 264 g/mol. The minimum Gasteiger partial charge on any atom is -0.0848 e. The molecule has 1 rings (SSSR count). The van der Waals surface area contributed by atoms with E-state index in [0.29, 0.717) is 5.41 Å². The summed E-state index contributed by atoms with van der Waals surface area (Å²) in [5.74, 6) is 1.46. The number of halogens is 1. The fraction of sp³-hybridized carbons (Fsp3) is 0.800. The molecule has 3 atom stereocenters. The van der Waals surface area contributed by atoms with Crippen LogP contribution in [-0.4, -0.2) is 3.92 Å². The first-order valence-corrected chi connectivity index (χ1v) is 5.53. The van der Waals surface area contributed by atoms with Crippen molar-refractivity contribution in [3.8, 4) is 0 Å². The van der Waals surface area contributed by atoms with Gasteiger partial charge in [0.05, 0.1) is 0 Å². The van der Waals surface area contributed by atoms with Crippen LogP contribution >= 0.6 is 22.6 Å². The van der Waals surface area contributed by atoms with E-state index in [2.05, 4.69) is 62.4 Å². The van der Waals surface area contributed by atoms with Gasteiger partial charge in [-0.2, -0.15) is 0 Å². The van der Waals surface area contributed by atoms with Crippen LogP contribution in [0.2, 0.25) is 0 Å². The van der Waals surface area contributed by atoms with Crippen molar-refractivity contribution in [1.29, 1.82) is 0 Å². The smallest absolute Gasteiger partial charge is 0.0226 e. The molecule has 0 fully saturated rings. The lowest BCUT2D eigenvalue weighted by Crippen LogP contribution is -2.37. The molecule has 0 aromatic carbocycles. The van der Waals surface area contributed by atoms with E-state index in [1.165, 1.54) is 0 Å². The fourth-order valence-electron chi connectivity index (χ4n) is 1.62. The summed E-state index contributed by atoms with van der Waals surface area (Å²) in [7, 11) is 0. The molecular weight excluding hydrogens is 247 g/mol. The molecule has 3 unspecified atom stereocenters. The second-order valence-electron chi connectivity index (χ2n) is 4.26. The molecule has 0 heterocycles. The zero-order chi connectivity index (χ0) is 8.65. The second kappa shape index (κ2) is 3.08. The van der Waals surface area contributed by atoms with Crippen molar-refractivity contribution in [2.24, 2.45) is 17.3 Å². The highest BCUT2D eigenvalue weighted by molar-refractivity contribution is 14.1. The van der Waals surface area contributed by atoms with Crippen molar-refractivity contribution >= 4 is 22.6 Å². The Balaban J connectivity index is 2.88. The molecule has 0 nitrogen and oxygen atoms in total. The molecule has 0 bridgehead atoms. The largest absolute Gasteiger partial charge is 0.0848 e. The number of hydrogen-bond acceptors (Lipinski definition) is 0. The van der Waals surface area contributed by atoms with E-state index in [9.17, 15) is 0 Å². The molecule has 0 radical (unpaired) electrons. The van der Waals surface area contributed by atoms with Crippen LogP contribution in [-0.2, 0) is 0 Å². The van der Waals surface area contributed by atoms with E-state index in [0.717, 1.165) is 15.8 Å². The molecule has 0 aromatic rings. The Bertz CT molecular complexity index is 170. The normalized spacial score (nSPS) is 42.5. The second-order valence-corrected chi connectivity index (χ2v) is 5.60. The molecule has 0 saturated carbocycles. The summed E-state index contributed by atoms with van der Waals surface area (Å²) in [6.45, 7) is 9.36. The Morgan fingerprint density at radius 2 is 1.73 bits per heavy atom. The van der Waals surface area contributed by atoms with Crippen LogP contribution in [0.3, 0.4) is 0 Å². The summed E-state index contributed by atoms with van der Waals surface area (Å²) in [4.78, 5) is 0. The number of rotatable bonds is 0. The predicted molar refractivity (Wildman–Crippen MR) is 59.1 cm³/mol. The molecule has 0 N–H and O–H groups in total. The average molecular weight is 264 g/mol. The van der Waals surface area contributed by atoms with E-state index >= 15 is 0 Å². The molecule has 0 aliphatic heterocycles. The minimum absolute atomic E-state index is 0.467. The fourth-order valence-corrected chi connectivity index (χ4v) is 2.42. The summed E-state index contributed by atoms with van der Waals surface area (Å²) in [6.07, 6.45) is 4.72. The lowest BCUT2D eigenvalue weighted by Gasteiger charge is -2.41. The summed E-state index contributed by atoms with van der Waals surface area (Å²) in [6, 6.07) is 0. The zero-order valence-electron chi connectivity index (χ0n) is 7.76. The first-order valence-electron chi connectivity index (χ1n) is 4.28. The first kappa shape index (κ1) is 9.56. The molecule has 0 saturated heterocycles. The quantitative estimate of drug-likeness (QED) is 0.356. The first-order chi connectivity index (χ1) is 4.96. The van der Waals surface area contributed by atoms with E-state index < -0.39 is 0 Å². The molecule has 0 aromatic heterocycles. The third kappa shape index (κ3) is 1.63. The van der Waals surface area contributed by atoms with Crippen LogP contribution in [0.25, 0.3) is 0 Å². The number of alkyl halides is 1. The highest BCUT2D eigenvalue weighted by atomic mass is 127. The van der Waals surface area contributed by atoms with Crippen LogP contribution in [0.5, 0.6) is 0 Å². The molecule has 0 amide bonds. The van der Waals surface area contributed by atoms with Crippen LogP contribution in [0.1, 0.15) is 27.7 Å². The molecule has 64 valence electrons. The summed E-state index contributed by atoms with van der Waals surface area (Å²) >= 11 is 2.59. The molecule has 1 aliphatic carbocycles. The van der Waals surface area contributed by atoms with Gasteiger partial charge in [0.1, 0.15) is 0 Å². The van der Waals surface area contributed by atoms with Gasteiger partial charge in [0.15, 0.2) is 0 Å². The van der Waals surface area contributed by atoms with Crippen molar-refractivity contribution < 1.29 is 0 Å². The maximum atomic E-state index is 2.59. The highest BCUT2D eigenvalue weighted by Gasteiger charge is 2.36. The van der Waals surface area contributed by atoms with Crippen molar-refractivity contribution in [3.63, 3.8) is 0 Å². The minimum atomic E-state index is 0.467. The Morgan fingerprint density at radius 3 is 2.18 bits per heavy atom. The Kier molecular flexibility index (Phi) is 2.67. The van der Waals surface area contributed by atoms with Gasteiger partial charge in [-0.1, -0.05) is 62.4 Å². The zero-order valence-corrected chi connectivity index (χ0v) is 9.92. The molecular formula is C10H17I. The maximum absolute atomic E-state index is 2.59. The highest BCUT2D eigenvalue weighted by Crippen LogP contribution is 2.43. The predicted octanol–water partition coefficient (Wildman–Crippen LogP) is 3.66. The van der Waals surface area contributed by atoms with Crippen LogP contribution < -0.4 is 0 Å². The standard InChI is InChI=1S/C10H17I/c1-7-5-6-8(2)10(3,4)9(7)11/h5-9H,1-4H3. The van der Waals surface area contributed by atoms with Crippen molar-refractivity contribution in [2.75, 3.05) is 0 Å². The van der Waals surface area contributed by atoms with Gasteiger partial charge >= 0.3 is 0 Å². The van der Waals surface area contributed by atoms with Gasteiger partial charge in [0.2, 0.25) is 0 Å². The van der Waals surface area contributed by atoms with Gasteiger partial charge in [-0.3, -0.25) is 0 Å². The Labute approximate surface area is 83.6 Å². The van der Waals surface area contributed by atoms with Gasteiger partial charge < -0.3 is 0 Å². The Morgan fingerprint density at radius 1 is 1.18 bits per heavy atom. The lowest BCUT2D eigenvalue weighted by atomic mass is 9.70. The van der Waals surface area contributed by atoms with E-state index in [-0.39, 0.29) is 0 Å². The van der Waals surface area contributed by atoms with E-state index in [4.69, 9.17) is 0 Å². The van der Waals surface area contributed by atoms with Crippen LogP contribution in [0.4, 0.5) is 0 Å². The van der Waals surface area contributed by atoms with Crippen LogP contribution in [0.15, 0.2) is 12.2 Å². The SMILES string of the molecule is CC1C=CC(C)C(C)(C)C1I. The molecule has 0 spiro atoms. The van der Waals surface area contributed by atoms with Gasteiger partial charge in [0.25, 0.3) is 0 Å². The van der Waals surface area contributed by atoms with Gasteiger partial charge in [-0.25, -0.2) is 0 Å². The van der Waals surface area contributed by atoms with E-state index in [1.54, 1.807) is 0 Å². The summed E-state index contributed by atoms with van der Waals surface area (Å²) in [5, 5.41) is 0. The van der Waals surface area contributed by atoms with Gasteiger partial charge in [-0.05, 0) is 17.3 Å². The van der Waals surface area contributed by atoms with Crippen molar-refractivity contribution in [1.82, 2.24) is 0 Å². The summed E-state index contributed by atoms with van der Waals surface area (Å²) < 4.78 is 0.778. The molecule has 1 heteroatoms. The van der Waals surface area contributed by atoms with E-state index in [1.807, 2.05) is 0 Å². The topological polar surface area (TPSA) is 0 Å². The Hall–Kier alpha value is 0.470. The van der Waals surface area contributed by atoms with Crippen molar-refractivity contribution in [3.05, 3.63) is 12.2 Å². The maximum Gasteiger partial charge on any atom is 0.0226 e. The van der Waals surface area contributed by atoms with Gasteiger partial charge in [-0.15, -0.1) is 0 Å². The third-order valence-electron chi connectivity index (χ3n) is 3.05. The number of hydrogen-bond donors (Lipinski definition) is 0. The van der Waals surface area contributed by atoms with Crippen LogP contribution in [0, 0.1) is 17.3 Å². The molecule has 11 heavy (non-hydrogen) atoms. The van der Waals surface area contributed by atoms with Gasteiger partial charge in [0, 0.05) is 3.92 Å². The molecule has 1 aliphatic rings.